The van der Waals surface area contributed by atoms with Crippen LogP contribution in [0.4, 0.5) is 34.6 Å². The molecule has 0 saturated heterocycles. The minimum atomic E-state index is 0.720. The van der Waals surface area contributed by atoms with Gasteiger partial charge < -0.3 is 19.6 Å². The van der Waals surface area contributed by atoms with Crippen LogP contribution in [-0.2, 0) is 0 Å². The summed E-state index contributed by atoms with van der Waals surface area (Å²) < 4.78 is 0. The molecule has 0 bridgehead atoms. The molecule has 0 radical (unpaired) electrons. The summed E-state index contributed by atoms with van der Waals surface area (Å²) >= 11 is 0. The van der Waals surface area contributed by atoms with E-state index in [0.29, 0.717) is 0 Å². The van der Waals surface area contributed by atoms with E-state index < -0.39 is 0 Å². The quantitative estimate of drug-likeness (QED) is 0.389. The summed E-state index contributed by atoms with van der Waals surface area (Å²) in [6.45, 7) is 3.24. The fourth-order valence-electron chi connectivity index (χ4n) is 4.48. The first kappa shape index (κ1) is 20.3. The average molecular weight is 453 g/mol. The molecule has 0 fully saturated rings. The van der Waals surface area contributed by atoms with E-state index >= 15 is 0 Å². The molecule has 4 aromatic rings. The van der Waals surface area contributed by atoms with Crippen molar-refractivity contribution in [1.29, 1.82) is 0 Å². The molecule has 0 spiro atoms. The molecule has 6 heterocycles. The van der Waals surface area contributed by atoms with E-state index in [1.807, 2.05) is 24.5 Å². The zero-order valence-corrected chi connectivity index (χ0v) is 18.6. The standard InChI is InChI=1S/C24H24N10/c1(13-31-17-33(19-5-3-7-25-15-19)23-21(31)27-9-11-29-23)2-14-32-18-34(20-6-4-8-26-16-20)24-22(32)28-10-12-30-24/h3-12,15-16H,1-2,13-14,17-18H2. The Morgan fingerprint density at radius 2 is 1.00 bits per heavy atom. The molecule has 0 amide bonds. The first-order chi connectivity index (χ1) is 16.9. The van der Waals surface area contributed by atoms with Crippen LogP contribution in [0.15, 0.2) is 73.8 Å². The molecule has 0 aliphatic carbocycles. The van der Waals surface area contributed by atoms with Crippen molar-refractivity contribution in [2.45, 2.75) is 12.8 Å². The van der Waals surface area contributed by atoms with Crippen molar-refractivity contribution in [3.05, 3.63) is 73.8 Å². The van der Waals surface area contributed by atoms with E-state index in [4.69, 9.17) is 0 Å². The van der Waals surface area contributed by atoms with Crippen LogP contribution < -0.4 is 19.6 Å². The smallest absolute Gasteiger partial charge is 0.178 e. The van der Waals surface area contributed by atoms with Crippen molar-refractivity contribution < 1.29 is 0 Å². The second kappa shape index (κ2) is 8.89. The average Bonchev–Trinajstić information content (AvgIpc) is 3.47. The van der Waals surface area contributed by atoms with E-state index in [2.05, 4.69) is 61.6 Å². The maximum Gasteiger partial charge on any atom is 0.178 e. The minimum Gasteiger partial charge on any atom is -0.335 e. The third-order valence-electron chi connectivity index (χ3n) is 6.08. The Hall–Kier alpha value is -4.34. The molecule has 0 atom stereocenters. The molecule has 0 unspecified atom stereocenters. The van der Waals surface area contributed by atoms with Gasteiger partial charge in [-0.25, -0.2) is 19.9 Å². The minimum absolute atomic E-state index is 0.720. The van der Waals surface area contributed by atoms with Gasteiger partial charge in [-0.05, 0) is 37.1 Å². The second-order valence-electron chi connectivity index (χ2n) is 8.20. The molecule has 34 heavy (non-hydrogen) atoms. The van der Waals surface area contributed by atoms with Gasteiger partial charge in [0, 0.05) is 50.3 Å². The maximum absolute atomic E-state index is 4.61. The van der Waals surface area contributed by atoms with Crippen molar-refractivity contribution in [3.63, 3.8) is 0 Å². The number of unbranched alkanes of at least 4 members (excludes halogenated alkanes) is 1. The van der Waals surface area contributed by atoms with Crippen LogP contribution in [0.3, 0.4) is 0 Å². The van der Waals surface area contributed by atoms with Crippen LogP contribution in [0.5, 0.6) is 0 Å². The lowest BCUT2D eigenvalue weighted by Gasteiger charge is -2.22. The Bertz CT molecular complexity index is 1150. The van der Waals surface area contributed by atoms with Gasteiger partial charge in [-0.2, -0.15) is 0 Å². The highest BCUT2D eigenvalue weighted by molar-refractivity contribution is 5.76. The van der Waals surface area contributed by atoms with Gasteiger partial charge in [-0.3, -0.25) is 9.97 Å². The molecular weight excluding hydrogens is 428 g/mol. The van der Waals surface area contributed by atoms with Gasteiger partial charge in [0.05, 0.1) is 37.1 Å². The summed E-state index contributed by atoms with van der Waals surface area (Å²) in [6, 6.07) is 7.99. The van der Waals surface area contributed by atoms with Crippen LogP contribution in [0.25, 0.3) is 0 Å². The van der Waals surface area contributed by atoms with Crippen molar-refractivity contribution in [1.82, 2.24) is 29.9 Å². The summed E-state index contributed by atoms with van der Waals surface area (Å²) in [5.41, 5.74) is 2.05. The molecule has 0 saturated carbocycles. The zero-order chi connectivity index (χ0) is 22.7. The number of hydrogen-bond donors (Lipinski definition) is 0. The third-order valence-corrected chi connectivity index (χ3v) is 6.08. The lowest BCUT2D eigenvalue weighted by atomic mass is 10.3. The highest BCUT2D eigenvalue weighted by Crippen LogP contribution is 2.38. The fourth-order valence-corrected chi connectivity index (χ4v) is 4.48. The Kier molecular flexibility index (Phi) is 5.30. The van der Waals surface area contributed by atoms with Gasteiger partial charge in [0.2, 0.25) is 0 Å². The second-order valence-corrected chi connectivity index (χ2v) is 8.20. The molecule has 170 valence electrons. The van der Waals surface area contributed by atoms with Crippen LogP contribution in [0.1, 0.15) is 12.8 Å². The molecular formula is C24H24N10. The van der Waals surface area contributed by atoms with Crippen LogP contribution >= 0.6 is 0 Å². The topological polar surface area (TPSA) is 90.3 Å². The van der Waals surface area contributed by atoms with E-state index in [1.54, 1.807) is 37.2 Å². The highest BCUT2D eigenvalue weighted by atomic mass is 15.4. The van der Waals surface area contributed by atoms with Crippen molar-refractivity contribution in [2.75, 3.05) is 46.0 Å². The number of nitrogens with zero attached hydrogens (tertiary/aromatic N) is 10. The molecule has 0 N–H and O–H groups in total. The summed E-state index contributed by atoms with van der Waals surface area (Å²) in [6.07, 6.45) is 16.3. The van der Waals surface area contributed by atoms with Crippen LogP contribution in [0.2, 0.25) is 0 Å². The van der Waals surface area contributed by atoms with Crippen LogP contribution in [0, 0.1) is 0 Å². The Balaban J connectivity index is 1.10. The molecule has 10 heteroatoms. The van der Waals surface area contributed by atoms with Crippen molar-refractivity contribution in [3.8, 4) is 0 Å². The van der Waals surface area contributed by atoms with Gasteiger partial charge in [0.25, 0.3) is 0 Å². The summed E-state index contributed by atoms with van der Waals surface area (Å²) in [4.78, 5) is 35.8. The highest BCUT2D eigenvalue weighted by Gasteiger charge is 2.31. The lowest BCUT2D eigenvalue weighted by Crippen LogP contribution is -2.31. The van der Waals surface area contributed by atoms with Gasteiger partial charge in [0.1, 0.15) is 0 Å². The number of anilines is 6. The van der Waals surface area contributed by atoms with Crippen LogP contribution in [-0.4, -0.2) is 56.3 Å². The summed E-state index contributed by atoms with van der Waals surface area (Å²) in [5, 5.41) is 0. The predicted octanol–water partition coefficient (Wildman–Crippen LogP) is 3.37. The van der Waals surface area contributed by atoms with Crippen molar-refractivity contribution >= 4 is 34.6 Å². The molecule has 4 aromatic heterocycles. The third kappa shape index (κ3) is 3.72. The molecule has 0 aromatic carbocycles. The number of aromatic nitrogens is 6. The first-order valence-corrected chi connectivity index (χ1v) is 11.4. The number of fused-ring (bicyclic) bond motifs is 2. The van der Waals surface area contributed by atoms with E-state index in [9.17, 15) is 0 Å². The Morgan fingerprint density at radius 3 is 1.41 bits per heavy atom. The largest absolute Gasteiger partial charge is 0.335 e. The molecule has 2 aliphatic rings. The zero-order valence-electron chi connectivity index (χ0n) is 18.6. The number of hydrogen-bond acceptors (Lipinski definition) is 10. The number of rotatable bonds is 7. The van der Waals surface area contributed by atoms with Gasteiger partial charge in [-0.1, -0.05) is 0 Å². The van der Waals surface area contributed by atoms with E-state index in [0.717, 1.165) is 73.9 Å². The van der Waals surface area contributed by atoms with Gasteiger partial charge in [-0.15, -0.1) is 0 Å². The fraction of sp³-hybridized carbons (Fsp3) is 0.250. The normalized spacial score (nSPS) is 14.5. The Labute approximate surface area is 197 Å². The van der Waals surface area contributed by atoms with E-state index in [1.165, 1.54) is 0 Å². The first-order valence-electron chi connectivity index (χ1n) is 11.4. The lowest BCUT2D eigenvalue weighted by molar-refractivity contribution is 0.673. The maximum atomic E-state index is 4.61. The monoisotopic (exact) mass is 452 g/mol. The SMILES string of the molecule is c1cncc(N2CN(CCCCN3CN(c4cccnc4)c4nccnc43)c3nccnc32)c1. The predicted molar refractivity (Wildman–Crippen MR) is 130 cm³/mol. The van der Waals surface area contributed by atoms with Gasteiger partial charge >= 0.3 is 0 Å². The summed E-state index contributed by atoms with van der Waals surface area (Å²) in [5.74, 6) is 3.61. The van der Waals surface area contributed by atoms with Crippen molar-refractivity contribution in [2.24, 2.45) is 0 Å². The molecule has 6 rings (SSSR count). The number of pyridine rings is 2. The molecule has 10 nitrogen and oxygen atoms in total. The summed E-state index contributed by atoms with van der Waals surface area (Å²) in [7, 11) is 0. The Morgan fingerprint density at radius 1 is 0.559 bits per heavy atom. The van der Waals surface area contributed by atoms with E-state index in [-0.39, 0.29) is 0 Å². The molecule has 2 aliphatic heterocycles. The van der Waals surface area contributed by atoms with Gasteiger partial charge in [0.15, 0.2) is 23.3 Å².